The molecule has 3 heterocycles. The van der Waals surface area contributed by atoms with Crippen molar-refractivity contribution in [2.75, 3.05) is 69.7 Å². The van der Waals surface area contributed by atoms with Crippen molar-refractivity contribution < 1.29 is 13.8 Å². The van der Waals surface area contributed by atoms with Gasteiger partial charge in [-0.25, -0.2) is 4.98 Å². The maximum Gasteiger partial charge on any atom is 0.229 e. The molecule has 2 fully saturated rings. The molecule has 40 heavy (non-hydrogen) atoms. The summed E-state index contributed by atoms with van der Waals surface area (Å²) in [6.45, 7) is 4.43. The summed E-state index contributed by atoms with van der Waals surface area (Å²) < 4.78 is 16.9. The van der Waals surface area contributed by atoms with E-state index >= 15 is 0 Å². The van der Waals surface area contributed by atoms with Gasteiger partial charge in [0.2, 0.25) is 14.3 Å². The third-order valence-electron chi connectivity index (χ3n) is 8.10. The van der Waals surface area contributed by atoms with Crippen LogP contribution in [-0.4, -0.2) is 64.5 Å². The molecule has 2 aliphatic rings. The summed E-state index contributed by atoms with van der Waals surface area (Å²) in [4.78, 5) is 13.6. The molecule has 0 saturated carbocycles. The lowest BCUT2D eigenvalue weighted by Gasteiger charge is -2.45. The molecule has 5 rings (SSSR count). The molecular formula is C29H38ClN6O3P. The van der Waals surface area contributed by atoms with Gasteiger partial charge in [0.25, 0.3) is 0 Å². The highest BCUT2D eigenvalue weighted by Crippen LogP contribution is 2.42. The molecule has 2 N–H and O–H groups in total. The second kappa shape index (κ2) is 12.9. The van der Waals surface area contributed by atoms with Crippen LogP contribution < -0.4 is 30.5 Å². The second-order valence-corrected chi connectivity index (χ2v) is 12.4. The normalized spacial score (nSPS) is 16.8. The maximum atomic E-state index is 6.58. The Morgan fingerprint density at radius 2 is 1.75 bits per heavy atom. The molecule has 2 aromatic carbocycles. The molecule has 0 aliphatic carbocycles. The van der Waals surface area contributed by atoms with Crippen molar-refractivity contribution in [2.45, 2.75) is 25.7 Å². The van der Waals surface area contributed by atoms with E-state index in [0.717, 1.165) is 48.6 Å². The molecule has 214 valence electrons. The van der Waals surface area contributed by atoms with Crippen LogP contribution in [0.3, 0.4) is 0 Å². The lowest BCUT2D eigenvalue weighted by molar-refractivity contribution is 0.155. The molecule has 2 saturated heterocycles. The third kappa shape index (κ3) is 6.14. The highest BCUT2D eigenvalue weighted by molar-refractivity contribution is 7.56. The zero-order chi connectivity index (χ0) is 28.1. The van der Waals surface area contributed by atoms with Gasteiger partial charge in [-0.3, -0.25) is 0 Å². The molecule has 0 amide bonds. The fourth-order valence-corrected chi connectivity index (χ4v) is 7.12. The van der Waals surface area contributed by atoms with Crippen LogP contribution in [0.2, 0.25) is 5.02 Å². The van der Waals surface area contributed by atoms with E-state index in [1.165, 1.54) is 31.4 Å². The standard InChI is InChI=1S/C29H38ClN6O3P/c1-35(24-7-5-6-8-26(24)40(38-3)39-4)27-22(30)20-32-28(34-27)33-23-10-9-21(19-25(23)37-2)36-17-13-29(14-18-36)11-15-31-16-12-29/h5-10,19-20,31H,11-18H2,1-4H3,(H,32,33,34). The number of halogens is 1. The van der Waals surface area contributed by atoms with E-state index in [0.29, 0.717) is 22.2 Å². The summed E-state index contributed by atoms with van der Waals surface area (Å²) in [5.41, 5.74) is 3.36. The Bertz CT molecular complexity index is 1290. The summed E-state index contributed by atoms with van der Waals surface area (Å²) in [7, 11) is 5.64. The van der Waals surface area contributed by atoms with Crippen molar-refractivity contribution in [3.05, 3.63) is 53.7 Å². The largest absolute Gasteiger partial charge is 0.494 e. The zero-order valence-corrected chi connectivity index (χ0v) is 25.3. The van der Waals surface area contributed by atoms with Gasteiger partial charge in [-0.05, 0) is 68.5 Å². The van der Waals surface area contributed by atoms with Crippen LogP contribution in [0.15, 0.2) is 48.7 Å². The molecule has 0 unspecified atom stereocenters. The number of nitrogens with one attached hydrogen (secondary N) is 2. The number of anilines is 5. The van der Waals surface area contributed by atoms with E-state index < -0.39 is 8.38 Å². The minimum atomic E-state index is -1.24. The first-order valence-electron chi connectivity index (χ1n) is 13.6. The predicted molar refractivity (Wildman–Crippen MR) is 164 cm³/mol. The maximum absolute atomic E-state index is 6.58. The van der Waals surface area contributed by atoms with Gasteiger partial charge in [0.15, 0.2) is 5.82 Å². The molecule has 9 nitrogen and oxygen atoms in total. The van der Waals surface area contributed by atoms with Gasteiger partial charge >= 0.3 is 0 Å². The Balaban J connectivity index is 1.34. The Morgan fingerprint density at radius 3 is 2.45 bits per heavy atom. The second-order valence-electron chi connectivity index (χ2n) is 10.3. The molecule has 0 radical (unpaired) electrons. The lowest BCUT2D eigenvalue weighted by Crippen LogP contribution is -2.45. The summed E-state index contributed by atoms with van der Waals surface area (Å²) in [6, 6.07) is 14.2. The highest BCUT2D eigenvalue weighted by atomic mass is 35.5. The Hall–Kier alpha value is -2.68. The monoisotopic (exact) mass is 584 g/mol. The van der Waals surface area contributed by atoms with Gasteiger partial charge in [-0.1, -0.05) is 23.7 Å². The van der Waals surface area contributed by atoms with E-state index in [1.54, 1.807) is 27.5 Å². The molecule has 1 spiro atoms. The highest BCUT2D eigenvalue weighted by Gasteiger charge is 2.35. The van der Waals surface area contributed by atoms with Crippen LogP contribution in [0.4, 0.5) is 28.8 Å². The number of methoxy groups -OCH3 is 1. The first-order chi connectivity index (χ1) is 19.5. The molecular weight excluding hydrogens is 547 g/mol. The van der Waals surface area contributed by atoms with Gasteiger partial charge in [0, 0.05) is 46.1 Å². The Labute approximate surface area is 243 Å². The van der Waals surface area contributed by atoms with Gasteiger partial charge in [0.05, 0.1) is 30.0 Å². The zero-order valence-electron chi connectivity index (χ0n) is 23.6. The van der Waals surface area contributed by atoms with Crippen LogP contribution in [-0.2, 0) is 9.05 Å². The number of aromatic nitrogens is 2. The van der Waals surface area contributed by atoms with E-state index in [1.807, 2.05) is 42.3 Å². The summed E-state index contributed by atoms with van der Waals surface area (Å²) in [6.07, 6.45) is 6.66. The third-order valence-corrected chi connectivity index (χ3v) is 9.80. The first kappa shape index (κ1) is 28.8. The number of nitrogens with zero attached hydrogens (tertiary/aromatic N) is 4. The quantitative estimate of drug-likeness (QED) is 0.301. The van der Waals surface area contributed by atoms with Crippen LogP contribution in [0.5, 0.6) is 5.75 Å². The van der Waals surface area contributed by atoms with E-state index in [9.17, 15) is 0 Å². The SMILES string of the molecule is COc1cc(N2CCC3(CCNCC3)CC2)ccc1Nc1ncc(Cl)c(N(C)c2ccccc2P(OC)OC)n1. The van der Waals surface area contributed by atoms with Crippen LogP contribution >= 0.6 is 20.0 Å². The summed E-state index contributed by atoms with van der Waals surface area (Å²) >= 11 is 6.58. The predicted octanol–water partition coefficient (Wildman–Crippen LogP) is 5.85. The number of para-hydroxylation sites is 1. The molecule has 2 aliphatic heterocycles. The topological polar surface area (TPSA) is 84.0 Å². The van der Waals surface area contributed by atoms with E-state index in [4.69, 9.17) is 30.4 Å². The minimum absolute atomic E-state index is 0.418. The number of ether oxygens (including phenoxy) is 1. The number of hydrogen-bond acceptors (Lipinski definition) is 9. The molecule has 0 atom stereocenters. The van der Waals surface area contributed by atoms with E-state index in [2.05, 4.69) is 32.7 Å². The smallest absolute Gasteiger partial charge is 0.229 e. The average Bonchev–Trinajstić information content (AvgIpc) is 3.00. The summed E-state index contributed by atoms with van der Waals surface area (Å²) in [5, 5.41) is 8.19. The number of hydrogen-bond donors (Lipinski definition) is 2. The Morgan fingerprint density at radius 1 is 1.02 bits per heavy atom. The fraction of sp³-hybridized carbons (Fsp3) is 0.448. The Kier molecular flexibility index (Phi) is 9.28. The minimum Gasteiger partial charge on any atom is -0.494 e. The number of rotatable bonds is 9. The van der Waals surface area contributed by atoms with Crippen molar-refractivity contribution in [3.63, 3.8) is 0 Å². The van der Waals surface area contributed by atoms with Gasteiger partial charge in [-0.2, -0.15) is 4.98 Å². The molecule has 0 bridgehead atoms. The van der Waals surface area contributed by atoms with Gasteiger partial charge in [0.1, 0.15) is 10.8 Å². The van der Waals surface area contributed by atoms with Crippen molar-refractivity contribution in [1.82, 2.24) is 15.3 Å². The molecule has 3 aromatic rings. The van der Waals surface area contributed by atoms with Crippen LogP contribution in [0.1, 0.15) is 25.7 Å². The van der Waals surface area contributed by atoms with E-state index in [-0.39, 0.29) is 0 Å². The molecule has 1 aromatic heterocycles. The van der Waals surface area contributed by atoms with Crippen LogP contribution in [0.25, 0.3) is 0 Å². The number of piperidine rings is 2. The van der Waals surface area contributed by atoms with Gasteiger partial charge < -0.3 is 34.2 Å². The fourth-order valence-electron chi connectivity index (χ4n) is 5.74. The van der Waals surface area contributed by atoms with Crippen molar-refractivity contribution in [1.29, 1.82) is 0 Å². The van der Waals surface area contributed by atoms with Gasteiger partial charge in [-0.15, -0.1) is 0 Å². The lowest BCUT2D eigenvalue weighted by atomic mass is 9.71. The average molecular weight is 585 g/mol. The van der Waals surface area contributed by atoms with Crippen LogP contribution in [0, 0.1) is 5.41 Å². The summed E-state index contributed by atoms with van der Waals surface area (Å²) in [5.74, 6) is 1.72. The van der Waals surface area contributed by atoms with Crippen molar-refractivity contribution in [3.8, 4) is 5.75 Å². The first-order valence-corrected chi connectivity index (χ1v) is 15.2. The number of benzene rings is 2. The molecule has 11 heteroatoms. The van der Waals surface area contributed by atoms with Crippen molar-refractivity contribution in [2.24, 2.45) is 5.41 Å². The van der Waals surface area contributed by atoms with Crippen molar-refractivity contribution >= 4 is 54.1 Å².